The van der Waals surface area contributed by atoms with Crippen LogP contribution in [0.4, 0.5) is 0 Å². The van der Waals surface area contributed by atoms with Gasteiger partial charge in [-0.15, -0.1) is 0 Å². The van der Waals surface area contributed by atoms with Crippen LogP contribution in [-0.4, -0.2) is 0 Å². The van der Waals surface area contributed by atoms with Crippen LogP contribution in [0.5, 0.6) is 0 Å². The first kappa shape index (κ1) is 11.0. The molecule has 0 bridgehead atoms. The van der Waals surface area contributed by atoms with Crippen LogP contribution in [-0.2, 0) is 0 Å². The molecule has 2 aliphatic carbocycles. The fourth-order valence-electron chi connectivity index (χ4n) is 3.00. The molecule has 84 valence electrons. The monoisotopic (exact) mass is 204 g/mol. The quantitative estimate of drug-likeness (QED) is 0.542. The summed E-state index contributed by atoms with van der Waals surface area (Å²) in [5.41, 5.74) is 0. The summed E-state index contributed by atoms with van der Waals surface area (Å²) in [5, 5.41) is 0. The molecule has 3 unspecified atom stereocenters. The summed E-state index contributed by atoms with van der Waals surface area (Å²) in [6.07, 6.45) is 19.5. The molecule has 0 nitrogen and oxygen atoms in total. The summed E-state index contributed by atoms with van der Waals surface area (Å²) in [6.45, 7) is 2.42. The molecule has 0 spiro atoms. The molecule has 0 fully saturated rings. The van der Waals surface area contributed by atoms with E-state index in [9.17, 15) is 0 Å². The van der Waals surface area contributed by atoms with Crippen molar-refractivity contribution in [3.63, 3.8) is 0 Å². The molecule has 0 N–H and O–H groups in total. The van der Waals surface area contributed by atoms with Gasteiger partial charge in [0, 0.05) is 0 Å². The van der Waals surface area contributed by atoms with E-state index < -0.39 is 0 Å². The Labute approximate surface area is 94.5 Å². The summed E-state index contributed by atoms with van der Waals surface area (Å²) in [6, 6.07) is 0. The molecule has 0 heteroatoms. The van der Waals surface area contributed by atoms with E-state index >= 15 is 0 Å². The van der Waals surface area contributed by atoms with Crippen LogP contribution in [0.2, 0.25) is 0 Å². The van der Waals surface area contributed by atoms with E-state index in [0.29, 0.717) is 0 Å². The number of rotatable bonds is 1. The van der Waals surface area contributed by atoms with Crippen LogP contribution < -0.4 is 0 Å². The highest BCUT2D eigenvalue weighted by atomic mass is 14.3. The number of hydrogen-bond donors (Lipinski definition) is 0. The molecule has 0 radical (unpaired) electrons. The molecule has 0 aromatic heterocycles. The first-order valence-electron chi connectivity index (χ1n) is 6.69. The van der Waals surface area contributed by atoms with Gasteiger partial charge in [0.15, 0.2) is 0 Å². The Kier molecular flexibility index (Phi) is 4.05. The highest BCUT2D eigenvalue weighted by Gasteiger charge is 2.21. The van der Waals surface area contributed by atoms with Crippen molar-refractivity contribution in [3.8, 4) is 0 Å². The second-order valence-electron chi connectivity index (χ2n) is 5.39. The number of allylic oxidation sites excluding steroid dienone is 4. The van der Waals surface area contributed by atoms with E-state index in [2.05, 4.69) is 31.2 Å². The zero-order chi connectivity index (χ0) is 10.5. The molecule has 0 saturated heterocycles. The molecular formula is C15H24. The van der Waals surface area contributed by atoms with Crippen molar-refractivity contribution in [2.45, 2.75) is 51.9 Å². The third-order valence-corrected chi connectivity index (χ3v) is 3.98. The lowest BCUT2D eigenvalue weighted by Crippen LogP contribution is -2.12. The normalized spacial score (nSPS) is 37.3. The minimum absolute atomic E-state index is 0.830. The van der Waals surface area contributed by atoms with Crippen LogP contribution in [0, 0.1) is 17.8 Å². The van der Waals surface area contributed by atoms with Gasteiger partial charge in [-0.2, -0.15) is 0 Å². The van der Waals surface area contributed by atoms with Gasteiger partial charge in [0.05, 0.1) is 0 Å². The second kappa shape index (κ2) is 5.53. The Morgan fingerprint density at radius 3 is 2.60 bits per heavy atom. The highest BCUT2D eigenvalue weighted by molar-refractivity contribution is 5.02. The molecule has 0 saturated carbocycles. The van der Waals surface area contributed by atoms with Gasteiger partial charge in [-0.1, -0.05) is 37.6 Å². The average molecular weight is 204 g/mol. The first-order chi connectivity index (χ1) is 7.36. The molecule has 2 aliphatic rings. The summed E-state index contributed by atoms with van der Waals surface area (Å²) in [7, 11) is 0. The topological polar surface area (TPSA) is 0 Å². The third-order valence-electron chi connectivity index (χ3n) is 3.98. The van der Waals surface area contributed by atoms with Crippen LogP contribution in [0.25, 0.3) is 0 Å². The van der Waals surface area contributed by atoms with Gasteiger partial charge in [0.25, 0.3) is 0 Å². The van der Waals surface area contributed by atoms with Crippen molar-refractivity contribution >= 4 is 0 Å². The molecule has 0 aliphatic heterocycles. The summed E-state index contributed by atoms with van der Waals surface area (Å²) >= 11 is 0. The SMILES string of the molecule is CC1CCC=CC(C2C=CCCCC2)C1. The minimum atomic E-state index is 0.830. The lowest BCUT2D eigenvalue weighted by Gasteiger charge is -2.22. The van der Waals surface area contributed by atoms with E-state index in [1.54, 1.807) is 0 Å². The smallest absolute Gasteiger partial charge is 0.0168 e. The van der Waals surface area contributed by atoms with Crippen LogP contribution >= 0.6 is 0 Å². The predicted molar refractivity (Wildman–Crippen MR) is 66.7 cm³/mol. The first-order valence-corrected chi connectivity index (χ1v) is 6.69. The predicted octanol–water partition coefficient (Wildman–Crippen LogP) is 4.73. The standard InChI is InChI=1S/C15H24/c1-13-8-6-7-11-15(12-13)14-9-4-2-3-5-10-14/h4,7,9,11,13-15H,2-3,5-6,8,10,12H2,1H3. The molecule has 2 rings (SSSR count). The van der Waals surface area contributed by atoms with E-state index in [1.165, 1.54) is 44.9 Å². The van der Waals surface area contributed by atoms with Crippen molar-refractivity contribution < 1.29 is 0 Å². The van der Waals surface area contributed by atoms with Gasteiger partial charge in [0.2, 0.25) is 0 Å². The number of hydrogen-bond acceptors (Lipinski definition) is 0. The zero-order valence-electron chi connectivity index (χ0n) is 9.99. The fraction of sp³-hybridized carbons (Fsp3) is 0.733. The zero-order valence-corrected chi connectivity index (χ0v) is 9.99. The van der Waals surface area contributed by atoms with E-state index in [-0.39, 0.29) is 0 Å². The molecule has 0 aromatic carbocycles. The molecule has 0 heterocycles. The van der Waals surface area contributed by atoms with Crippen LogP contribution in [0.15, 0.2) is 24.3 Å². The Morgan fingerprint density at radius 2 is 1.67 bits per heavy atom. The Balaban J connectivity index is 2.00. The molecule has 0 aromatic rings. The van der Waals surface area contributed by atoms with Gasteiger partial charge in [-0.3, -0.25) is 0 Å². The van der Waals surface area contributed by atoms with Crippen molar-refractivity contribution in [1.29, 1.82) is 0 Å². The lowest BCUT2D eigenvalue weighted by molar-refractivity contribution is 0.353. The lowest BCUT2D eigenvalue weighted by atomic mass is 9.83. The van der Waals surface area contributed by atoms with Gasteiger partial charge in [0.1, 0.15) is 0 Å². The minimum Gasteiger partial charge on any atom is -0.0882 e. The highest BCUT2D eigenvalue weighted by Crippen LogP contribution is 2.33. The van der Waals surface area contributed by atoms with E-state index in [1.807, 2.05) is 0 Å². The molecule has 15 heavy (non-hydrogen) atoms. The summed E-state index contributed by atoms with van der Waals surface area (Å²) in [5.74, 6) is 2.59. The summed E-state index contributed by atoms with van der Waals surface area (Å²) in [4.78, 5) is 0. The maximum Gasteiger partial charge on any atom is -0.0168 e. The van der Waals surface area contributed by atoms with Crippen molar-refractivity contribution in [3.05, 3.63) is 24.3 Å². The fourth-order valence-corrected chi connectivity index (χ4v) is 3.00. The van der Waals surface area contributed by atoms with Crippen molar-refractivity contribution in [2.75, 3.05) is 0 Å². The second-order valence-corrected chi connectivity index (χ2v) is 5.39. The van der Waals surface area contributed by atoms with Crippen LogP contribution in [0.3, 0.4) is 0 Å². The van der Waals surface area contributed by atoms with Crippen LogP contribution in [0.1, 0.15) is 51.9 Å². The molecule has 3 atom stereocenters. The third kappa shape index (κ3) is 3.22. The maximum absolute atomic E-state index is 2.50. The largest absolute Gasteiger partial charge is 0.0882 e. The van der Waals surface area contributed by atoms with Gasteiger partial charge < -0.3 is 0 Å². The van der Waals surface area contributed by atoms with E-state index in [0.717, 1.165) is 17.8 Å². The van der Waals surface area contributed by atoms with Crippen molar-refractivity contribution in [1.82, 2.24) is 0 Å². The van der Waals surface area contributed by atoms with Crippen molar-refractivity contribution in [2.24, 2.45) is 17.8 Å². The average Bonchev–Trinajstić information content (AvgIpc) is 2.59. The maximum atomic E-state index is 2.50. The van der Waals surface area contributed by atoms with Gasteiger partial charge >= 0.3 is 0 Å². The summed E-state index contributed by atoms with van der Waals surface area (Å²) < 4.78 is 0. The Bertz CT molecular complexity index is 236. The Morgan fingerprint density at radius 1 is 0.867 bits per heavy atom. The Hall–Kier alpha value is -0.520. The van der Waals surface area contributed by atoms with Gasteiger partial charge in [-0.25, -0.2) is 0 Å². The molecule has 0 amide bonds. The van der Waals surface area contributed by atoms with Gasteiger partial charge in [-0.05, 0) is 56.3 Å². The molecular weight excluding hydrogens is 180 g/mol. The van der Waals surface area contributed by atoms with E-state index in [4.69, 9.17) is 0 Å².